The van der Waals surface area contributed by atoms with Crippen LogP contribution in [0.3, 0.4) is 0 Å². The molecule has 0 heterocycles. The number of ether oxygens (including phenoxy) is 1. The van der Waals surface area contributed by atoms with Gasteiger partial charge in [0, 0.05) is 6.42 Å². The molecule has 118 valence electrons. The van der Waals surface area contributed by atoms with Crippen LogP contribution in [0.15, 0.2) is 60.7 Å². The van der Waals surface area contributed by atoms with Gasteiger partial charge in [-0.3, -0.25) is 4.57 Å². The Labute approximate surface area is 130 Å². The Balaban J connectivity index is 2.40. The molecule has 0 fully saturated rings. The summed E-state index contributed by atoms with van der Waals surface area (Å²) in [7, 11) is -4.48. The largest absolute Gasteiger partial charge is 0.474 e. The second-order valence-corrected chi connectivity index (χ2v) is 7.22. The summed E-state index contributed by atoms with van der Waals surface area (Å²) in [5.41, 5.74) is 0.843. The summed E-state index contributed by atoms with van der Waals surface area (Å²) in [5, 5.41) is -1.54. The topological polar surface area (TPSA) is 66.8 Å². The van der Waals surface area contributed by atoms with E-state index < -0.39 is 12.9 Å². The van der Waals surface area contributed by atoms with E-state index in [2.05, 4.69) is 0 Å². The normalized spacial score (nSPS) is 14.3. The van der Waals surface area contributed by atoms with Crippen LogP contribution in [-0.4, -0.2) is 15.1 Å². The maximum Gasteiger partial charge on any atom is 0.369 e. The van der Waals surface area contributed by atoms with Gasteiger partial charge >= 0.3 is 7.60 Å². The van der Waals surface area contributed by atoms with Gasteiger partial charge in [0.05, 0.1) is 0 Å². The molecule has 1 atom stereocenters. The summed E-state index contributed by atoms with van der Waals surface area (Å²) in [5.74, 6) is 0.468. The van der Waals surface area contributed by atoms with Gasteiger partial charge in [0.25, 0.3) is 0 Å². The molecule has 2 N–H and O–H groups in total. The van der Waals surface area contributed by atoms with Crippen molar-refractivity contribution in [2.75, 3.05) is 0 Å². The molecule has 0 saturated carbocycles. The van der Waals surface area contributed by atoms with Crippen LogP contribution in [0.4, 0.5) is 0 Å². The third-order valence-corrected chi connectivity index (χ3v) is 5.08. The van der Waals surface area contributed by atoms with E-state index in [-0.39, 0.29) is 12.8 Å². The van der Waals surface area contributed by atoms with Gasteiger partial charge in [0.15, 0.2) is 0 Å². The van der Waals surface area contributed by atoms with E-state index in [0.29, 0.717) is 12.2 Å². The summed E-state index contributed by atoms with van der Waals surface area (Å²) >= 11 is 0. The quantitative estimate of drug-likeness (QED) is 0.757. The maximum absolute atomic E-state index is 12.2. The third kappa shape index (κ3) is 3.98. The summed E-state index contributed by atoms with van der Waals surface area (Å²) in [4.78, 5) is 19.9. The van der Waals surface area contributed by atoms with E-state index in [1.165, 1.54) is 0 Å². The third-order valence-electron chi connectivity index (χ3n) is 3.55. The molecule has 2 rings (SSSR count). The van der Waals surface area contributed by atoms with Crippen molar-refractivity contribution in [2.24, 2.45) is 0 Å². The number of hydrogen-bond acceptors (Lipinski definition) is 2. The minimum Gasteiger partial charge on any atom is -0.474 e. The van der Waals surface area contributed by atoms with Crippen LogP contribution in [0.25, 0.3) is 0 Å². The molecule has 0 spiro atoms. The molecule has 0 bridgehead atoms. The van der Waals surface area contributed by atoms with Crippen molar-refractivity contribution in [3.8, 4) is 5.75 Å². The van der Waals surface area contributed by atoms with Gasteiger partial charge in [-0.25, -0.2) is 0 Å². The van der Waals surface area contributed by atoms with Crippen LogP contribution in [0.2, 0.25) is 0 Å². The fraction of sp³-hybridized carbons (Fsp3) is 0.294. The number of rotatable bonds is 7. The fourth-order valence-corrected chi connectivity index (χ4v) is 3.62. The second kappa shape index (κ2) is 7.10. The smallest absolute Gasteiger partial charge is 0.369 e. The van der Waals surface area contributed by atoms with Crippen LogP contribution in [-0.2, 0) is 11.0 Å². The SMILES string of the molecule is CCCC(Cc1ccccc1)(Oc1ccccc1)P(=O)(O)O. The number of hydrogen-bond donors (Lipinski definition) is 2. The van der Waals surface area contributed by atoms with Crippen molar-refractivity contribution in [2.45, 2.75) is 31.5 Å². The Hall–Kier alpha value is -1.61. The first kappa shape index (κ1) is 16.8. The Bertz CT molecular complexity index is 580. The Kier molecular flexibility index (Phi) is 5.41. The summed E-state index contributed by atoms with van der Waals surface area (Å²) < 4.78 is 18.1. The van der Waals surface area contributed by atoms with Crippen molar-refractivity contribution in [3.05, 3.63) is 66.2 Å². The van der Waals surface area contributed by atoms with Crippen LogP contribution in [0.5, 0.6) is 5.75 Å². The molecule has 2 aromatic carbocycles. The highest BCUT2D eigenvalue weighted by Crippen LogP contribution is 2.55. The summed E-state index contributed by atoms with van der Waals surface area (Å²) in [6.45, 7) is 1.89. The van der Waals surface area contributed by atoms with Crippen molar-refractivity contribution in [3.63, 3.8) is 0 Å². The molecule has 4 nitrogen and oxygen atoms in total. The van der Waals surface area contributed by atoms with Crippen LogP contribution < -0.4 is 4.74 Å². The molecular weight excluding hydrogens is 299 g/mol. The van der Waals surface area contributed by atoms with Crippen molar-refractivity contribution in [1.82, 2.24) is 0 Å². The van der Waals surface area contributed by atoms with Crippen LogP contribution in [0.1, 0.15) is 25.3 Å². The molecule has 0 aliphatic carbocycles. The highest BCUT2D eigenvalue weighted by molar-refractivity contribution is 7.53. The highest BCUT2D eigenvalue weighted by atomic mass is 31.2. The lowest BCUT2D eigenvalue weighted by atomic mass is 10.0. The molecule has 0 aromatic heterocycles. The van der Waals surface area contributed by atoms with E-state index in [9.17, 15) is 14.4 Å². The fourth-order valence-electron chi connectivity index (χ4n) is 2.50. The number of para-hydroxylation sites is 1. The zero-order valence-corrected chi connectivity index (χ0v) is 13.4. The summed E-state index contributed by atoms with van der Waals surface area (Å²) in [6.07, 6.45) is 1.06. The molecule has 0 saturated heterocycles. The molecule has 5 heteroatoms. The predicted molar refractivity (Wildman–Crippen MR) is 86.9 cm³/mol. The van der Waals surface area contributed by atoms with Crippen molar-refractivity contribution in [1.29, 1.82) is 0 Å². The Morgan fingerprint density at radius 3 is 2.05 bits per heavy atom. The first-order valence-electron chi connectivity index (χ1n) is 7.30. The zero-order valence-electron chi connectivity index (χ0n) is 12.6. The van der Waals surface area contributed by atoms with Gasteiger partial charge in [-0.2, -0.15) is 0 Å². The van der Waals surface area contributed by atoms with Gasteiger partial charge in [0.1, 0.15) is 5.75 Å². The van der Waals surface area contributed by atoms with Crippen molar-refractivity contribution >= 4 is 7.60 Å². The lowest BCUT2D eigenvalue weighted by Gasteiger charge is -2.35. The van der Waals surface area contributed by atoms with Crippen LogP contribution in [0, 0.1) is 0 Å². The van der Waals surface area contributed by atoms with E-state index in [0.717, 1.165) is 5.56 Å². The van der Waals surface area contributed by atoms with Crippen LogP contribution >= 0.6 is 7.60 Å². The van der Waals surface area contributed by atoms with Gasteiger partial charge in [-0.05, 0) is 24.1 Å². The molecule has 0 aliphatic rings. The minimum absolute atomic E-state index is 0.168. The number of benzene rings is 2. The van der Waals surface area contributed by atoms with Crippen molar-refractivity contribution < 1.29 is 19.1 Å². The van der Waals surface area contributed by atoms with E-state index in [4.69, 9.17) is 4.74 Å². The van der Waals surface area contributed by atoms with E-state index >= 15 is 0 Å². The first-order valence-corrected chi connectivity index (χ1v) is 8.92. The average Bonchev–Trinajstić information content (AvgIpc) is 2.48. The Morgan fingerprint density at radius 2 is 1.55 bits per heavy atom. The van der Waals surface area contributed by atoms with Gasteiger partial charge in [0.2, 0.25) is 5.34 Å². The average molecular weight is 320 g/mol. The summed E-state index contributed by atoms with van der Waals surface area (Å²) in [6, 6.07) is 18.1. The lowest BCUT2D eigenvalue weighted by molar-refractivity contribution is 0.106. The standard InChI is InChI=1S/C17H21O4P/c1-2-13-17(22(18,19)20,14-15-9-5-3-6-10-15)21-16-11-7-4-8-12-16/h3-12H,2,13-14H2,1H3,(H2,18,19,20). The van der Waals surface area contributed by atoms with E-state index in [1.54, 1.807) is 24.3 Å². The molecule has 2 aromatic rings. The molecule has 0 aliphatic heterocycles. The minimum atomic E-state index is -4.48. The zero-order chi connectivity index (χ0) is 16.1. The van der Waals surface area contributed by atoms with E-state index in [1.807, 2.05) is 43.3 Å². The van der Waals surface area contributed by atoms with Gasteiger partial charge < -0.3 is 14.5 Å². The molecule has 1 unspecified atom stereocenters. The first-order chi connectivity index (χ1) is 10.5. The lowest BCUT2D eigenvalue weighted by Crippen LogP contribution is -2.38. The predicted octanol–water partition coefficient (Wildman–Crippen LogP) is 3.98. The molecular formula is C17H21O4P. The second-order valence-electron chi connectivity index (χ2n) is 5.32. The maximum atomic E-state index is 12.2. The molecule has 0 amide bonds. The monoisotopic (exact) mass is 320 g/mol. The molecule has 0 radical (unpaired) electrons. The van der Waals surface area contributed by atoms with Gasteiger partial charge in [-0.15, -0.1) is 0 Å². The molecule has 22 heavy (non-hydrogen) atoms. The highest BCUT2D eigenvalue weighted by Gasteiger charge is 2.48. The Morgan fingerprint density at radius 1 is 1.00 bits per heavy atom. The van der Waals surface area contributed by atoms with Gasteiger partial charge in [-0.1, -0.05) is 61.9 Å².